The van der Waals surface area contributed by atoms with Gasteiger partial charge in [-0.1, -0.05) is 26.0 Å². The zero-order chi connectivity index (χ0) is 23.7. The molecular weight excluding hydrogens is 420 g/mol. The molecule has 4 N–H and O–H groups in total. The van der Waals surface area contributed by atoms with Gasteiger partial charge in [0.25, 0.3) is 5.91 Å². The minimum Gasteiger partial charge on any atom is -0.508 e. The monoisotopic (exact) mass is 450 g/mol. The molecule has 0 saturated carbocycles. The third-order valence-electron chi connectivity index (χ3n) is 6.09. The molecule has 9 nitrogen and oxygen atoms in total. The first-order valence-corrected chi connectivity index (χ1v) is 11.1. The molecule has 0 bridgehead atoms. The predicted octanol–water partition coefficient (Wildman–Crippen LogP) is 2.32. The molecule has 0 atom stereocenters. The van der Waals surface area contributed by atoms with E-state index in [0.717, 1.165) is 38.3 Å². The van der Waals surface area contributed by atoms with Crippen LogP contribution in [-0.2, 0) is 6.54 Å². The summed E-state index contributed by atoms with van der Waals surface area (Å²) in [5.41, 5.74) is 8.40. The second-order valence-electron chi connectivity index (χ2n) is 8.88. The van der Waals surface area contributed by atoms with Gasteiger partial charge in [-0.15, -0.1) is 10.2 Å². The van der Waals surface area contributed by atoms with E-state index >= 15 is 0 Å². The van der Waals surface area contributed by atoms with Crippen LogP contribution in [0.25, 0.3) is 17.1 Å². The largest absolute Gasteiger partial charge is 0.508 e. The van der Waals surface area contributed by atoms with Crippen molar-refractivity contribution in [2.75, 3.05) is 33.2 Å². The van der Waals surface area contributed by atoms with Crippen LogP contribution in [0.5, 0.6) is 11.5 Å². The third-order valence-corrected chi connectivity index (χ3v) is 6.09. The molecule has 1 saturated heterocycles. The van der Waals surface area contributed by atoms with Gasteiger partial charge in [-0.05, 0) is 42.3 Å². The van der Waals surface area contributed by atoms with Crippen LogP contribution in [0.1, 0.15) is 41.5 Å². The molecule has 33 heavy (non-hydrogen) atoms. The van der Waals surface area contributed by atoms with Crippen LogP contribution in [-0.4, -0.2) is 73.9 Å². The molecule has 2 aromatic carbocycles. The Morgan fingerprint density at radius 2 is 1.70 bits per heavy atom. The quantitative estimate of drug-likeness (QED) is 0.527. The van der Waals surface area contributed by atoms with Crippen molar-refractivity contribution in [2.45, 2.75) is 26.3 Å². The van der Waals surface area contributed by atoms with Crippen molar-refractivity contribution in [1.29, 1.82) is 0 Å². The van der Waals surface area contributed by atoms with Gasteiger partial charge in [0, 0.05) is 44.5 Å². The third kappa shape index (κ3) is 4.69. The summed E-state index contributed by atoms with van der Waals surface area (Å²) in [7, 11) is 2.13. The van der Waals surface area contributed by atoms with E-state index in [2.05, 4.69) is 27.0 Å². The van der Waals surface area contributed by atoms with Crippen LogP contribution in [0.2, 0.25) is 0 Å². The Morgan fingerprint density at radius 3 is 2.30 bits per heavy atom. The lowest BCUT2D eigenvalue weighted by molar-refractivity contribution is 0.0988. The first kappa shape index (κ1) is 22.8. The second-order valence-corrected chi connectivity index (χ2v) is 8.88. The van der Waals surface area contributed by atoms with Crippen molar-refractivity contribution in [2.24, 2.45) is 5.73 Å². The number of piperazine rings is 1. The van der Waals surface area contributed by atoms with E-state index in [-0.39, 0.29) is 29.1 Å². The smallest absolute Gasteiger partial charge is 0.287 e. The maximum absolute atomic E-state index is 12.1. The molecule has 0 spiro atoms. The fraction of sp³-hybridized carbons (Fsp3) is 0.375. The first-order valence-electron chi connectivity index (χ1n) is 11.1. The summed E-state index contributed by atoms with van der Waals surface area (Å²) in [4.78, 5) is 16.8. The van der Waals surface area contributed by atoms with Crippen molar-refractivity contribution in [3.8, 4) is 28.6 Å². The lowest BCUT2D eigenvalue weighted by Gasteiger charge is -2.32. The highest BCUT2D eigenvalue weighted by Crippen LogP contribution is 2.38. The summed E-state index contributed by atoms with van der Waals surface area (Å²) in [5.74, 6) is -0.623. The van der Waals surface area contributed by atoms with Crippen LogP contribution in [0.4, 0.5) is 0 Å². The van der Waals surface area contributed by atoms with Gasteiger partial charge in [0.2, 0.25) is 5.82 Å². The maximum Gasteiger partial charge on any atom is 0.287 e. The molecule has 1 aromatic heterocycles. The van der Waals surface area contributed by atoms with E-state index < -0.39 is 5.91 Å². The number of phenolic OH excluding ortho intramolecular Hbond substituents is 2. The first-order chi connectivity index (χ1) is 15.7. The number of likely N-dealkylation sites (N-methyl/N-ethyl adjacent to an activating group) is 1. The summed E-state index contributed by atoms with van der Waals surface area (Å²) >= 11 is 0. The Labute approximate surface area is 193 Å². The minimum absolute atomic E-state index is 0.000648. The molecule has 9 heteroatoms. The zero-order valence-electron chi connectivity index (χ0n) is 19.2. The van der Waals surface area contributed by atoms with Gasteiger partial charge in [0.15, 0.2) is 5.82 Å². The Hall–Kier alpha value is -3.43. The van der Waals surface area contributed by atoms with Crippen LogP contribution >= 0.6 is 0 Å². The topological polar surface area (TPSA) is 121 Å². The summed E-state index contributed by atoms with van der Waals surface area (Å²) in [6.45, 7) is 8.89. The fourth-order valence-corrected chi connectivity index (χ4v) is 4.11. The molecule has 1 aliphatic heterocycles. The number of nitrogens with zero attached hydrogens (tertiary/aromatic N) is 5. The number of aromatic hydroxyl groups is 2. The van der Waals surface area contributed by atoms with E-state index in [9.17, 15) is 15.0 Å². The van der Waals surface area contributed by atoms with Gasteiger partial charge in [0.1, 0.15) is 11.5 Å². The van der Waals surface area contributed by atoms with Gasteiger partial charge in [-0.3, -0.25) is 14.3 Å². The molecule has 1 aliphatic rings. The van der Waals surface area contributed by atoms with Crippen molar-refractivity contribution in [3.63, 3.8) is 0 Å². The Morgan fingerprint density at radius 1 is 1.03 bits per heavy atom. The standard InChI is InChI=1S/C24H30N6O3/c1-15(2)18-12-19(21(32)13-20(18)31)23-26-27-24(22(25)33)30(23)17-6-4-16(5-7-17)14-29-10-8-28(3)9-11-29/h4-7,12-13,15,31-32H,8-11,14H2,1-3H3,(H2,25,33). The highest BCUT2D eigenvalue weighted by molar-refractivity contribution is 5.90. The lowest BCUT2D eigenvalue weighted by Crippen LogP contribution is -2.43. The summed E-state index contributed by atoms with van der Waals surface area (Å²) in [5, 5.41) is 28.9. The number of benzene rings is 2. The highest BCUT2D eigenvalue weighted by atomic mass is 16.3. The SMILES string of the molecule is CC(C)c1cc(-c2nnc(C(N)=O)n2-c2ccc(CN3CCN(C)CC3)cc2)c(O)cc1O. The number of carbonyl (C=O) groups is 1. The van der Waals surface area contributed by atoms with Crippen LogP contribution in [0.3, 0.4) is 0 Å². The number of hydrogen-bond acceptors (Lipinski definition) is 7. The number of carbonyl (C=O) groups excluding carboxylic acids is 1. The average molecular weight is 451 g/mol. The molecule has 1 amide bonds. The number of aromatic nitrogens is 3. The van der Waals surface area contributed by atoms with Crippen molar-refractivity contribution >= 4 is 5.91 Å². The Bertz CT molecular complexity index is 1150. The number of rotatable bonds is 6. The molecule has 4 rings (SSSR count). The number of nitrogens with two attached hydrogens (primary N) is 1. The number of phenols is 2. The molecular formula is C24H30N6O3. The second kappa shape index (κ2) is 9.21. The van der Waals surface area contributed by atoms with Gasteiger partial charge in [-0.25, -0.2) is 0 Å². The van der Waals surface area contributed by atoms with Crippen molar-refractivity contribution in [3.05, 3.63) is 53.3 Å². The molecule has 0 unspecified atom stereocenters. The van der Waals surface area contributed by atoms with Crippen LogP contribution in [0, 0.1) is 0 Å². The van der Waals surface area contributed by atoms with E-state index in [1.807, 2.05) is 38.1 Å². The molecule has 3 aromatic rings. The average Bonchev–Trinajstić information content (AvgIpc) is 3.21. The molecule has 1 fully saturated rings. The molecule has 174 valence electrons. The minimum atomic E-state index is -0.724. The Balaban J connectivity index is 1.71. The van der Waals surface area contributed by atoms with E-state index in [1.165, 1.54) is 10.6 Å². The number of amides is 1. The van der Waals surface area contributed by atoms with Gasteiger partial charge in [-0.2, -0.15) is 0 Å². The number of hydrogen-bond donors (Lipinski definition) is 3. The van der Waals surface area contributed by atoms with Crippen LogP contribution in [0.15, 0.2) is 36.4 Å². The normalized spacial score (nSPS) is 15.3. The van der Waals surface area contributed by atoms with Gasteiger partial charge in [0.05, 0.1) is 5.56 Å². The van der Waals surface area contributed by atoms with E-state index in [0.29, 0.717) is 16.8 Å². The molecule has 0 aliphatic carbocycles. The lowest BCUT2D eigenvalue weighted by atomic mass is 9.98. The van der Waals surface area contributed by atoms with Gasteiger partial charge >= 0.3 is 0 Å². The highest BCUT2D eigenvalue weighted by Gasteiger charge is 2.23. The summed E-state index contributed by atoms with van der Waals surface area (Å²) < 4.78 is 1.54. The van der Waals surface area contributed by atoms with Crippen molar-refractivity contribution < 1.29 is 15.0 Å². The number of primary amides is 1. The van der Waals surface area contributed by atoms with Crippen molar-refractivity contribution in [1.82, 2.24) is 24.6 Å². The van der Waals surface area contributed by atoms with Gasteiger partial charge < -0.3 is 20.8 Å². The van der Waals surface area contributed by atoms with Crippen LogP contribution < -0.4 is 5.73 Å². The molecule has 0 radical (unpaired) electrons. The summed E-state index contributed by atoms with van der Waals surface area (Å²) in [6.07, 6.45) is 0. The maximum atomic E-state index is 12.1. The predicted molar refractivity (Wildman–Crippen MR) is 126 cm³/mol. The fourth-order valence-electron chi connectivity index (χ4n) is 4.11. The zero-order valence-corrected chi connectivity index (χ0v) is 19.2. The van der Waals surface area contributed by atoms with E-state index in [4.69, 9.17) is 5.73 Å². The Kier molecular flexibility index (Phi) is 6.35. The molecule has 2 heterocycles. The van der Waals surface area contributed by atoms with E-state index in [1.54, 1.807) is 6.07 Å². The summed E-state index contributed by atoms with van der Waals surface area (Å²) in [6, 6.07) is 10.8.